The molecule has 0 amide bonds. The third-order valence-electron chi connectivity index (χ3n) is 8.24. The van der Waals surface area contributed by atoms with Crippen molar-refractivity contribution >= 4 is 0 Å². The summed E-state index contributed by atoms with van der Waals surface area (Å²) in [7, 11) is 3.11. The molecular weight excluding hydrogens is 602 g/mol. The van der Waals surface area contributed by atoms with Gasteiger partial charge in [0.1, 0.15) is 17.2 Å². The molecule has 1 heterocycles. The molecule has 0 aliphatic heterocycles. The number of pyridine rings is 1. The predicted octanol–water partition coefficient (Wildman–Crippen LogP) is 9.57. The van der Waals surface area contributed by atoms with Crippen molar-refractivity contribution in [2.45, 2.75) is 71.1 Å². The number of hydrogen-bond donors (Lipinski definition) is 0. The van der Waals surface area contributed by atoms with E-state index in [1.807, 2.05) is 66.7 Å². The number of terminal acetylenes is 1. The summed E-state index contributed by atoms with van der Waals surface area (Å²) in [6.45, 7) is 3.04. The van der Waals surface area contributed by atoms with Gasteiger partial charge in [-0.15, -0.1) is 6.42 Å². The van der Waals surface area contributed by atoms with Crippen molar-refractivity contribution < 1.29 is 28.4 Å². The van der Waals surface area contributed by atoms with Crippen LogP contribution in [-0.4, -0.2) is 34.4 Å². The molecule has 0 radical (unpaired) electrons. The molecule has 3 aromatic carbocycles. The molecule has 48 heavy (non-hydrogen) atoms. The standard InChI is InChI=1S/C41H49NO6/c1-5-7-8-9-10-11-12-13-14-15-27-46-35-23-20-33(21-24-35)38-17-16-18-39(42(38)43)34-22-26-37(41(29-34)48-31-45-4)36-25-19-32(6-2)28-40(36)47-30-44-3/h2,16-26,28-29H,5,7-15,27,30-31H2,1,3-4H3. The normalized spacial score (nSPS) is 10.9. The van der Waals surface area contributed by atoms with Crippen LogP contribution >= 0.6 is 0 Å². The quantitative estimate of drug-likeness (QED) is 0.0294. The van der Waals surface area contributed by atoms with E-state index in [1.54, 1.807) is 26.4 Å². The molecule has 0 aliphatic carbocycles. The predicted molar refractivity (Wildman–Crippen MR) is 192 cm³/mol. The lowest BCUT2D eigenvalue weighted by Crippen LogP contribution is -2.31. The van der Waals surface area contributed by atoms with Crippen LogP contribution in [0.4, 0.5) is 0 Å². The van der Waals surface area contributed by atoms with Gasteiger partial charge in [-0.3, -0.25) is 0 Å². The summed E-state index contributed by atoms with van der Waals surface area (Å²) in [5, 5.41) is 13.7. The molecule has 0 spiro atoms. The van der Waals surface area contributed by atoms with E-state index in [1.165, 1.54) is 57.8 Å². The van der Waals surface area contributed by atoms with Gasteiger partial charge in [0.05, 0.1) is 12.2 Å². The van der Waals surface area contributed by atoms with E-state index in [0.717, 1.165) is 33.6 Å². The van der Waals surface area contributed by atoms with Crippen molar-refractivity contribution in [3.8, 4) is 63.2 Å². The van der Waals surface area contributed by atoms with Crippen LogP contribution < -0.4 is 18.9 Å². The SMILES string of the molecule is C#Cc1ccc(-c2ccc(-c3cccc(-c4ccc(OCCCCCCCCCCCC)cc4)[n+]3[O-])cc2OCOC)c(OCOC)c1. The van der Waals surface area contributed by atoms with Crippen molar-refractivity contribution in [2.75, 3.05) is 34.4 Å². The molecule has 0 N–H and O–H groups in total. The van der Waals surface area contributed by atoms with E-state index in [0.29, 0.717) is 40.6 Å². The van der Waals surface area contributed by atoms with E-state index >= 15 is 0 Å². The molecule has 4 aromatic rings. The fourth-order valence-electron chi connectivity index (χ4n) is 5.65. The fraction of sp³-hybridized carbons (Fsp3) is 0.390. The van der Waals surface area contributed by atoms with Crippen molar-refractivity contribution in [1.29, 1.82) is 0 Å². The van der Waals surface area contributed by atoms with Crippen molar-refractivity contribution in [3.63, 3.8) is 0 Å². The number of unbranched alkanes of at least 4 members (excludes halogenated alkanes) is 9. The molecule has 1 aromatic heterocycles. The van der Waals surface area contributed by atoms with Crippen LogP contribution in [-0.2, 0) is 9.47 Å². The molecule has 0 atom stereocenters. The Morgan fingerprint density at radius 1 is 0.625 bits per heavy atom. The molecule has 7 heteroatoms. The summed E-state index contributed by atoms with van der Waals surface area (Å²) in [5.41, 5.74) is 4.73. The molecule has 0 unspecified atom stereocenters. The van der Waals surface area contributed by atoms with E-state index in [-0.39, 0.29) is 13.6 Å². The molecule has 0 fully saturated rings. The van der Waals surface area contributed by atoms with Crippen molar-refractivity contribution in [1.82, 2.24) is 0 Å². The van der Waals surface area contributed by atoms with Gasteiger partial charge in [0, 0.05) is 48.6 Å². The zero-order chi connectivity index (χ0) is 34.0. The Balaban J connectivity index is 1.44. The van der Waals surface area contributed by atoms with Gasteiger partial charge < -0.3 is 28.9 Å². The van der Waals surface area contributed by atoms with Gasteiger partial charge >= 0.3 is 0 Å². The zero-order valence-corrected chi connectivity index (χ0v) is 28.7. The highest BCUT2D eigenvalue weighted by molar-refractivity contribution is 5.79. The average Bonchev–Trinajstić information content (AvgIpc) is 3.12. The number of ether oxygens (including phenoxy) is 5. The second-order valence-electron chi connectivity index (χ2n) is 11.8. The van der Waals surface area contributed by atoms with Crippen molar-refractivity contribution in [3.05, 3.63) is 89.6 Å². The van der Waals surface area contributed by atoms with Gasteiger partial charge in [0.2, 0.25) is 11.4 Å². The van der Waals surface area contributed by atoms with E-state index in [4.69, 9.17) is 30.1 Å². The summed E-state index contributed by atoms with van der Waals surface area (Å²) in [5.74, 6) is 4.53. The lowest BCUT2D eigenvalue weighted by atomic mass is 9.98. The van der Waals surface area contributed by atoms with Gasteiger partial charge in [-0.2, -0.15) is 4.73 Å². The first kappa shape index (κ1) is 36.3. The molecular formula is C41H49NO6. The van der Waals surface area contributed by atoms with Gasteiger partial charge in [0.15, 0.2) is 13.6 Å². The monoisotopic (exact) mass is 651 g/mol. The van der Waals surface area contributed by atoms with Crippen LogP contribution in [0.5, 0.6) is 17.2 Å². The number of rotatable bonds is 21. The van der Waals surface area contributed by atoms with Gasteiger partial charge in [0.25, 0.3) is 0 Å². The highest BCUT2D eigenvalue weighted by Gasteiger charge is 2.19. The van der Waals surface area contributed by atoms with Crippen LogP contribution in [0.25, 0.3) is 33.6 Å². The molecule has 0 bridgehead atoms. The van der Waals surface area contributed by atoms with Gasteiger partial charge in [-0.05, 0) is 73.2 Å². The maximum absolute atomic E-state index is 13.7. The number of methoxy groups -OCH3 is 2. The van der Waals surface area contributed by atoms with E-state index < -0.39 is 0 Å². The highest BCUT2D eigenvalue weighted by Crippen LogP contribution is 2.39. The first-order valence-corrected chi connectivity index (χ1v) is 17.0. The Hall–Kier alpha value is -4.51. The average molecular weight is 652 g/mol. The van der Waals surface area contributed by atoms with Crippen LogP contribution in [0.2, 0.25) is 0 Å². The Labute approximate surface area is 286 Å². The number of benzene rings is 3. The Bertz CT molecular complexity index is 1590. The van der Waals surface area contributed by atoms with Gasteiger partial charge in [-0.25, -0.2) is 0 Å². The molecule has 7 nitrogen and oxygen atoms in total. The zero-order valence-electron chi connectivity index (χ0n) is 28.7. The number of hydrogen-bond acceptors (Lipinski definition) is 6. The smallest absolute Gasteiger partial charge is 0.224 e. The van der Waals surface area contributed by atoms with Crippen LogP contribution in [0.15, 0.2) is 78.9 Å². The second-order valence-corrected chi connectivity index (χ2v) is 11.8. The first-order valence-electron chi connectivity index (χ1n) is 17.0. The minimum Gasteiger partial charge on any atom is -0.618 e. The second kappa shape index (κ2) is 20.0. The minimum absolute atomic E-state index is 0.0260. The minimum atomic E-state index is 0.0260. The largest absolute Gasteiger partial charge is 0.618 e. The third-order valence-corrected chi connectivity index (χ3v) is 8.24. The van der Waals surface area contributed by atoms with E-state index in [2.05, 4.69) is 12.8 Å². The molecule has 0 saturated carbocycles. The number of nitrogens with zero attached hydrogens (tertiary/aromatic N) is 1. The summed E-state index contributed by atoms with van der Waals surface area (Å²) in [6.07, 6.45) is 18.6. The third kappa shape index (κ3) is 10.5. The Morgan fingerprint density at radius 2 is 1.17 bits per heavy atom. The Kier molecular flexibility index (Phi) is 15.1. The summed E-state index contributed by atoms with van der Waals surface area (Å²) in [4.78, 5) is 0. The summed E-state index contributed by atoms with van der Waals surface area (Å²) in [6, 6.07) is 24.3. The lowest BCUT2D eigenvalue weighted by molar-refractivity contribution is -0.581. The van der Waals surface area contributed by atoms with Gasteiger partial charge in [-0.1, -0.05) is 70.6 Å². The van der Waals surface area contributed by atoms with Crippen LogP contribution in [0, 0.1) is 17.6 Å². The molecule has 0 saturated heterocycles. The van der Waals surface area contributed by atoms with Crippen LogP contribution in [0.1, 0.15) is 76.7 Å². The summed E-state index contributed by atoms with van der Waals surface area (Å²) >= 11 is 0. The van der Waals surface area contributed by atoms with E-state index in [9.17, 15) is 5.21 Å². The Morgan fingerprint density at radius 3 is 1.77 bits per heavy atom. The maximum Gasteiger partial charge on any atom is 0.224 e. The maximum atomic E-state index is 13.7. The molecule has 254 valence electrons. The highest BCUT2D eigenvalue weighted by atomic mass is 16.7. The van der Waals surface area contributed by atoms with Crippen molar-refractivity contribution in [2.24, 2.45) is 0 Å². The molecule has 0 aliphatic rings. The first-order chi connectivity index (χ1) is 23.6. The topological polar surface area (TPSA) is 73.1 Å². The lowest BCUT2D eigenvalue weighted by Gasteiger charge is -2.17. The van der Waals surface area contributed by atoms with Crippen LogP contribution in [0.3, 0.4) is 0 Å². The fourth-order valence-corrected chi connectivity index (χ4v) is 5.65. The molecule has 4 rings (SSSR count). The summed E-state index contributed by atoms with van der Waals surface area (Å²) < 4.78 is 29.1. The number of aromatic nitrogens is 1.